The monoisotopic (exact) mass is 259 g/mol. The molecule has 2 heterocycles. The van der Waals surface area contributed by atoms with Crippen molar-refractivity contribution in [1.29, 1.82) is 0 Å². The molecule has 1 nitrogen and oxygen atoms in total. The van der Waals surface area contributed by atoms with Crippen molar-refractivity contribution in [2.75, 3.05) is 0 Å². The molecule has 4 rings (SSSR count). The molecule has 1 atom stereocenters. The molecule has 2 aromatic carbocycles. The first-order valence-corrected chi connectivity index (χ1v) is 7.14. The standard InChI is InChI=1S/C19H17N/c1-13-14(2)20-18-10-6-3-7-15(18)11-12-19(20)17-9-5-4-8-16(13)17/h3-13H,1-2H3. The molecule has 1 aliphatic heterocycles. The van der Waals surface area contributed by atoms with E-state index in [1.807, 2.05) is 0 Å². The smallest absolute Gasteiger partial charge is 0.113 e. The van der Waals surface area contributed by atoms with Crippen LogP contribution in [0.15, 0.2) is 60.7 Å². The number of benzene rings is 2. The zero-order valence-electron chi connectivity index (χ0n) is 11.8. The molecule has 1 aliphatic rings. The molecular formula is C19H17N. The number of nitrogens with zero attached hydrogens (tertiary/aromatic N) is 1. The minimum absolute atomic E-state index is 0.453. The summed E-state index contributed by atoms with van der Waals surface area (Å²) in [5, 5.41) is 1.29. The van der Waals surface area contributed by atoms with E-state index >= 15 is 0 Å². The average Bonchev–Trinajstić information content (AvgIpc) is 2.51. The Balaban J connectivity index is 2.14. The van der Waals surface area contributed by atoms with E-state index < -0.39 is 0 Å². The maximum Gasteiger partial charge on any atom is 0.113 e. The number of rotatable bonds is 0. The molecule has 20 heavy (non-hydrogen) atoms. The summed E-state index contributed by atoms with van der Waals surface area (Å²) in [5.74, 6) is 0.453. The summed E-state index contributed by atoms with van der Waals surface area (Å²) in [4.78, 5) is 0. The van der Waals surface area contributed by atoms with Crippen LogP contribution in [0.1, 0.15) is 25.3 Å². The number of fused-ring (bicyclic) bond motifs is 5. The number of hydrogen-bond donors (Lipinski definition) is 0. The minimum atomic E-state index is 0.453. The molecule has 0 amide bonds. The number of para-hydroxylation sites is 1. The number of pyridine rings is 1. The van der Waals surface area contributed by atoms with Gasteiger partial charge in [-0.25, -0.2) is 0 Å². The highest BCUT2D eigenvalue weighted by Gasteiger charge is 2.28. The van der Waals surface area contributed by atoms with E-state index in [2.05, 4.69) is 79.1 Å². The first-order chi connectivity index (χ1) is 9.77. The lowest BCUT2D eigenvalue weighted by molar-refractivity contribution is -0.624. The molecule has 1 heteroatoms. The largest absolute Gasteiger partial charge is 0.321 e. The van der Waals surface area contributed by atoms with Gasteiger partial charge in [-0.05, 0) is 35.6 Å². The predicted octanol–water partition coefficient (Wildman–Crippen LogP) is 4.31. The summed E-state index contributed by atoms with van der Waals surface area (Å²) in [6.45, 7) is 4.54. The summed E-state index contributed by atoms with van der Waals surface area (Å²) in [6, 6.07) is 23.2. The topological polar surface area (TPSA) is 3.88 Å². The van der Waals surface area contributed by atoms with Gasteiger partial charge in [-0.2, -0.15) is 0 Å². The van der Waals surface area contributed by atoms with Gasteiger partial charge in [-0.1, -0.05) is 55.5 Å². The summed E-state index contributed by atoms with van der Waals surface area (Å²) in [5.41, 5.74) is 5.38. The second-order valence-corrected chi connectivity index (χ2v) is 5.56. The number of hydrogen-bond acceptors (Lipinski definition) is 0. The third-order valence-corrected chi connectivity index (χ3v) is 4.52. The van der Waals surface area contributed by atoms with Crippen molar-refractivity contribution in [2.24, 2.45) is 0 Å². The van der Waals surface area contributed by atoms with Crippen LogP contribution in [0, 0.1) is 6.04 Å². The second-order valence-electron chi connectivity index (χ2n) is 5.56. The van der Waals surface area contributed by atoms with Crippen LogP contribution in [-0.4, -0.2) is 0 Å². The maximum absolute atomic E-state index is 2.42. The molecule has 1 aromatic heterocycles. The van der Waals surface area contributed by atoms with E-state index in [1.54, 1.807) is 0 Å². The fourth-order valence-corrected chi connectivity index (χ4v) is 3.32. The molecule has 0 bridgehead atoms. The molecule has 0 spiro atoms. The van der Waals surface area contributed by atoms with Gasteiger partial charge in [0.1, 0.15) is 11.2 Å². The first kappa shape index (κ1) is 11.5. The Morgan fingerprint density at radius 3 is 2.55 bits per heavy atom. The van der Waals surface area contributed by atoms with Crippen LogP contribution in [0.25, 0.3) is 22.2 Å². The van der Waals surface area contributed by atoms with E-state index in [1.165, 1.54) is 33.8 Å². The van der Waals surface area contributed by atoms with Crippen LogP contribution in [-0.2, 0) is 0 Å². The lowest BCUT2D eigenvalue weighted by Gasteiger charge is -2.33. The van der Waals surface area contributed by atoms with Gasteiger partial charge in [-0.15, -0.1) is 0 Å². The molecule has 1 unspecified atom stereocenters. The average molecular weight is 259 g/mol. The Hall–Kier alpha value is -2.28. The van der Waals surface area contributed by atoms with Crippen molar-refractivity contribution in [2.45, 2.75) is 19.8 Å². The fourth-order valence-electron chi connectivity index (χ4n) is 3.32. The van der Waals surface area contributed by atoms with Gasteiger partial charge in [0.25, 0.3) is 0 Å². The Kier molecular flexibility index (Phi) is 2.37. The molecule has 0 N–H and O–H groups in total. The van der Waals surface area contributed by atoms with Crippen LogP contribution in [0.5, 0.6) is 0 Å². The Bertz CT molecular complexity index is 804. The van der Waals surface area contributed by atoms with Crippen molar-refractivity contribution < 1.29 is 4.57 Å². The van der Waals surface area contributed by atoms with Crippen molar-refractivity contribution in [3.05, 3.63) is 72.3 Å². The highest BCUT2D eigenvalue weighted by Crippen LogP contribution is 2.37. The zero-order valence-corrected chi connectivity index (χ0v) is 11.8. The Morgan fingerprint density at radius 2 is 1.65 bits per heavy atom. The third kappa shape index (κ3) is 1.44. The fraction of sp³-hybridized carbons (Fsp3) is 0.158. The van der Waals surface area contributed by atoms with E-state index in [-0.39, 0.29) is 0 Å². The van der Waals surface area contributed by atoms with Gasteiger partial charge >= 0.3 is 0 Å². The van der Waals surface area contributed by atoms with Crippen molar-refractivity contribution in [3.8, 4) is 11.3 Å². The second kappa shape index (κ2) is 4.11. The van der Waals surface area contributed by atoms with E-state index in [4.69, 9.17) is 0 Å². The highest BCUT2D eigenvalue weighted by atomic mass is 15.0. The molecule has 0 radical (unpaired) electrons. The molecule has 3 aromatic rings. The molecule has 0 aliphatic carbocycles. The van der Waals surface area contributed by atoms with Gasteiger partial charge in [-0.3, -0.25) is 0 Å². The lowest BCUT2D eigenvalue weighted by atomic mass is 9.84. The van der Waals surface area contributed by atoms with Crippen molar-refractivity contribution in [3.63, 3.8) is 0 Å². The maximum atomic E-state index is 2.42. The SMILES string of the molecule is C[C-]1C(C)c2ccccc2-c2ccc3ccccc3[n+]21. The molecule has 0 fully saturated rings. The summed E-state index contributed by atoms with van der Waals surface area (Å²) < 4.78 is 2.42. The zero-order chi connectivity index (χ0) is 13.7. The van der Waals surface area contributed by atoms with Gasteiger partial charge in [0.05, 0.1) is 6.04 Å². The van der Waals surface area contributed by atoms with E-state index in [0.29, 0.717) is 5.92 Å². The molecule has 98 valence electrons. The van der Waals surface area contributed by atoms with Gasteiger partial charge < -0.3 is 4.57 Å². The van der Waals surface area contributed by atoms with Crippen LogP contribution in [0.2, 0.25) is 0 Å². The van der Waals surface area contributed by atoms with Crippen LogP contribution in [0.4, 0.5) is 0 Å². The van der Waals surface area contributed by atoms with Crippen LogP contribution < -0.4 is 4.57 Å². The Morgan fingerprint density at radius 1 is 0.900 bits per heavy atom. The molecule has 0 saturated heterocycles. The van der Waals surface area contributed by atoms with Gasteiger partial charge in [0.15, 0.2) is 0 Å². The minimum Gasteiger partial charge on any atom is -0.321 e. The summed E-state index contributed by atoms with van der Waals surface area (Å²) in [7, 11) is 0. The highest BCUT2D eigenvalue weighted by molar-refractivity contribution is 5.79. The Labute approximate surface area is 119 Å². The van der Waals surface area contributed by atoms with Crippen molar-refractivity contribution in [1.82, 2.24) is 0 Å². The predicted molar refractivity (Wildman–Crippen MR) is 82.3 cm³/mol. The lowest BCUT2D eigenvalue weighted by Crippen LogP contribution is -2.46. The number of aromatic nitrogens is 1. The normalized spacial score (nSPS) is 16.9. The molecule has 0 saturated carbocycles. The van der Waals surface area contributed by atoms with Crippen LogP contribution in [0.3, 0.4) is 0 Å². The third-order valence-electron chi connectivity index (χ3n) is 4.52. The first-order valence-electron chi connectivity index (χ1n) is 7.14. The summed E-state index contributed by atoms with van der Waals surface area (Å²) >= 11 is 0. The van der Waals surface area contributed by atoms with E-state index in [0.717, 1.165) is 0 Å². The molecular weight excluding hydrogens is 242 g/mol. The van der Waals surface area contributed by atoms with Gasteiger partial charge in [0, 0.05) is 5.92 Å². The van der Waals surface area contributed by atoms with Crippen molar-refractivity contribution >= 4 is 10.9 Å². The van der Waals surface area contributed by atoms with E-state index in [9.17, 15) is 0 Å². The quantitative estimate of drug-likeness (QED) is 0.418. The van der Waals surface area contributed by atoms with Crippen LogP contribution >= 0.6 is 0 Å². The van der Waals surface area contributed by atoms with Gasteiger partial charge in [0.2, 0.25) is 0 Å². The summed E-state index contributed by atoms with van der Waals surface area (Å²) in [6.07, 6.45) is 0.